The number of rotatable bonds is 3. The molecular weight excluding hydrogens is 188 g/mol. The molecule has 3 nitrogen and oxygen atoms in total. The third-order valence-corrected chi connectivity index (χ3v) is 2.03. The van der Waals surface area contributed by atoms with Gasteiger partial charge in [-0.05, 0) is 23.6 Å². The van der Waals surface area contributed by atoms with Crippen molar-refractivity contribution in [2.24, 2.45) is 5.11 Å². The van der Waals surface area contributed by atoms with E-state index >= 15 is 0 Å². The Hall–Kier alpha value is -1.61. The molecule has 1 rings (SSSR count). The standard InChI is InChI=1S/C9H9F2N3/c1-6-7(5-13-14-12)3-2-4-8(6)9(10)11/h2-4,9H,5H2,1H3. The van der Waals surface area contributed by atoms with Gasteiger partial charge >= 0.3 is 0 Å². The van der Waals surface area contributed by atoms with E-state index < -0.39 is 6.43 Å². The smallest absolute Gasteiger partial charge is 0.205 e. The lowest BCUT2D eigenvalue weighted by molar-refractivity contribution is 0.150. The molecule has 0 saturated heterocycles. The van der Waals surface area contributed by atoms with Gasteiger partial charge in [0.1, 0.15) is 0 Å². The average Bonchev–Trinajstić information content (AvgIpc) is 2.16. The molecule has 1 aromatic rings. The Kier molecular flexibility index (Phi) is 3.42. The van der Waals surface area contributed by atoms with Gasteiger partial charge in [-0.1, -0.05) is 23.3 Å². The highest BCUT2D eigenvalue weighted by Crippen LogP contribution is 2.24. The molecule has 0 heterocycles. The Morgan fingerprint density at radius 2 is 2.21 bits per heavy atom. The summed E-state index contributed by atoms with van der Waals surface area (Å²) in [6.45, 7) is 1.71. The van der Waals surface area contributed by atoms with Gasteiger partial charge in [-0.25, -0.2) is 8.78 Å². The average molecular weight is 197 g/mol. The molecule has 0 unspecified atom stereocenters. The maximum absolute atomic E-state index is 12.4. The zero-order chi connectivity index (χ0) is 10.6. The molecule has 0 radical (unpaired) electrons. The molecule has 0 fully saturated rings. The van der Waals surface area contributed by atoms with E-state index in [1.165, 1.54) is 12.1 Å². The van der Waals surface area contributed by atoms with E-state index in [1.807, 2.05) is 0 Å². The highest BCUT2D eigenvalue weighted by atomic mass is 19.3. The van der Waals surface area contributed by atoms with Crippen molar-refractivity contribution < 1.29 is 8.78 Å². The topological polar surface area (TPSA) is 48.8 Å². The summed E-state index contributed by atoms with van der Waals surface area (Å²) in [5.41, 5.74) is 9.24. The van der Waals surface area contributed by atoms with Crippen molar-refractivity contribution in [3.63, 3.8) is 0 Å². The third kappa shape index (κ3) is 2.20. The summed E-state index contributed by atoms with van der Waals surface area (Å²) in [5.74, 6) is 0. The van der Waals surface area contributed by atoms with Crippen LogP contribution in [-0.4, -0.2) is 0 Å². The number of hydrogen-bond donors (Lipinski definition) is 0. The van der Waals surface area contributed by atoms with E-state index in [9.17, 15) is 8.78 Å². The lowest BCUT2D eigenvalue weighted by Gasteiger charge is -2.08. The Morgan fingerprint density at radius 1 is 1.50 bits per heavy atom. The van der Waals surface area contributed by atoms with Crippen molar-refractivity contribution in [2.75, 3.05) is 0 Å². The molecule has 0 aliphatic carbocycles. The lowest BCUT2D eigenvalue weighted by Crippen LogP contribution is -1.94. The zero-order valence-electron chi connectivity index (χ0n) is 7.61. The lowest BCUT2D eigenvalue weighted by atomic mass is 10.0. The molecule has 74 valence electrons. The van der Waals surface area contributed by atoms with Crippen molar-refractivity contribution in [3.8, 4) is 0 Å². The van der Waals surface area contributed by atoms with Crippen LogP contribution in [0.4, 0.5) is 8.78 Å². The van der Waals surface area contributed by atoms with Gasteiger partial charge < -0.3 is 0 Å². The minimum Gasteiger partial charge on any atom is -0.205 e. The van der Waals surface area contributed by atoms with E-state index in [1.54, 1.807) is 13.0 Å². The van der Waals surface area contributed by atoms with Gasteiger partial charge in [0, 0.05) is 10.5 Å². The first-order chi connectivity index (χ1) is 6.66. The van der Waals surface area contributed by atoms with Crippen LogP contribution >= 0.6 is 0 Å². The number of hydrogen-bond acceptors (Lipinski definition) is 1. The number of nitrogens with zero attached hydrogens (tertiary/aromatic N) is 3. The van der Waals surface area contributed by atoms with Crippen LogP contribution in [0, 0.1) is 6.92 Å². The van der Waals surface area contributed by atoms with Gasteiger partial charge in [-0.3, -0.25) is 0 Å². The first-order valence-electron chi connectivity index (χ1n) is 4.04. The molecule has 0 aliphatic rings. The summed E-state index contributed by atoms with van der Waals surface area (Å²) in [6, 6.07) is 4.59. The van der Waals surface area contributed by atoms with Crippen LogP contribution in [0.15, 0.2) is 23.3 Å². The number of benzene rings is 1. The zero-order valence-corrected chi connectivity index (χ0v) is 7.61. The number of alkyl halides is 2. The van der Waals surface area contributed by atoms with Gasteiger partial charge in [-0.15, -0.1) is 0 Å². The van der Waals surface area contributed by atoms with E-state index in [0.29, 0.717) is 11.1 Å². The fourth-order valence-corrected chi connectivity index (χ4v) is 1.22. The quantitative estimate of drug-likeness (QED) is 0.402. The normalized spacial score (nSPS) is 10.0. The molecule has 0 aromatic heterocycles. The van der Waals surface area contributed by atoms with Crippen molar-refractivity contribution in [1.82, 2.24) is 0 Å². The third-order valence-electron chi connectivity index (χ3n) is 2.03. The first-order valence-corrected chi connectivity index (χ1v) is 4.04. The maximum atomic E-state index is 12.4. The molecule has 0 amide bonds. The molecule has 0 N–H and O–H groups in total. The molecule has 0 spiro atoms. The first kappa shape index (κ1) is 10.5. The van der Waals surface area contributed by atoms with E-state index in [0.717, 1.165) is 0 Å². The van der Waals surface area contributed by atoms with Gasteiger partial charge in [0.2, 0.25) is 0 Å². The molecule has 1 aromatic carbocycles. The fourth-order valence-electron chi connectivity index (χ4n) is 1.22. The molecule has 0 aliphatic heterocycles. The second-order valence-electron chi connectivity index (χ2n) is 2.82. The Balaban J connectivity index is 3.06. The summed E-state index contributed by atoms with van der Waals surface area (Å²) < 4.78 is 24.9. The maximum Gasteiger partial charge on any atom is 0.264 e. The van der Waals surface area contributed by atoms with Crippen LogP contribution in [-0.2, 0) is 6.54 Å². The van der Waals surface area contributed by atoms with Crippen molar-refractivity contribution in [1.29, 1.82) is 0 Å². The Labute approximate surface area is 80.0 Å². The largest absolute Gasteiger partial charge is 0.264 e. The Morgan fingerprint density at radius 3 is 2.79 bits per heavy atom. The van der Waals surface area contributed by atoms with Gasteiger partial charge in [-0.2, -0.15) is 0 Å². The van der Waals surface area contributed by atoms with E-state index in [2.05, 4.69) is 10.0 Å². The molecule has 5 heteroatoms. The Bertz CT molecular complexity index is 370. The minimum absolute atomic E-state index is 0.00404. The van der Waals surface area contributed by atoms with Crippen LogP contribution < -0.4 is 0 Å². The molecule has 0 saturated carbocycles. The van der Waals surface area contributed by atoms with Gasteiger partial charge in [0.05, 0.1) is 6.54 Å². The minimum atomic E-state index is -2.49. The second kappa shape index (κ2) is 4.58. The summed E-state index contributed by atoms with van der Waals surface area (Å²) in [4.78, 5) is 2.58. The van der Waals surface area contributed by atoms with E-state index in [4.69, 9.17) is 5.53 Å². The molecule has 0 bridgehead atoms. The van der Waals surface area contributed by atoms with Crippen LogP contribution in [0.5, 0.6) is 0 Å². The molecule has 0 atom stereocenters. The monoisotopic (exact) mass is 197 g/mol. The highest BCUT2D eigenvalue weighted by Gasteiger charge is 2.11. The predicted octanol–water partition coefficient (Wildman–Crippen LogP) is 3.74. The summed E-state index contributed by atoms with van der Waals surface area (Å²) in [6.07, 6.45) is -2.49. The van der Waals surface area contributed by atoms with Gasteiger partial charge in [0.15, 0.2) is 0 Å². The molecular formula is C9H9F2N3. The van der Waals surface area contributed by atoms with Crippen molar-refractivity contribution >= 4 is 0 Å². The van der Waals surface area contributed by atoms with Crippen molar-refractivity contribution in [3.05, 3.63) is 45.3 Å². The van der Waals surface area contributed by atoms with E-state index in [-0.39, 0.29) is 12.1 Å². The van der Waals surface area contributed by atoms with Crippen LogP contribution in [0.25, 0.3) is 10.4 Å². The van der Waals surface area contributed by atoms with Crippen LogP contribution in [0.3, 0.4) is 0 Å². The number of azide groups is 1. The van der Waals surface area contributed by atoms with Gasteiger partial charge in [0.25, 0.3) is 6.43 Å². The van der Waals surface area contributed by atoms with Crippen LogP contribution in [0.1, 0.15) is 23.1 Å². The fraction of sp³-hybridized carbons (Fsp3) is 0.333. The molecule has 14 heavy (non-hydrogen) atoms. The summed E-state index contributed by atoms with van der Waals surface area (Å²) in [7, 11) is 0. The SMILES string of the molecule is Cc1c(CN=[N+]=[N-])cccc1C(F)F. The van der Waals surface area contributed by atoms with Crippen LogP contribution in [0.2, 0.25) is 0 Å². The summed E-state index contributed by atoms with van der Waals surface area (Å²) >= 11 is 0. The summed E-state index contributed by atoms with van der Waals surface area (Å²) in [5, 5.41) is 3.34. The predicted molar refractivity (Wildman–Crippen MR) is 49.0 cm³/mol. The number of halogens is 2. The van der Waals surface area contributed by atoms with Crippen molar-refractivity contribution in [2.45, 2.75) is 19.9 Å². The highest BCUT2D eigenvalue weighted by molar-refractivity contribution is 5.34. The second-order valence-corrected chi connectivity index (χ2v) is 2.82.